The van der Waals surface area contributed by atoms with Crippen molar-refractivity contribution < 1.29 is 22.9 Å². The number of ether oxygens (including phenoxy) is 1. The van der Waals surface area contributed by atoms with Crippen molar-refractivity contribution in [1.29, 1.82) is 0 Å². The molecule has 1 saturated heterocycles. The maximum Gasteiger partial charge on any atom is 0.410 e. The van der Waals surface area contributed by atoms with Gasteiger partial charge in [-0.3, -0.25) is 10.1 Å². The quantitative estimate of drug-likeness (QED) is 0.474. The Hall–Kier alpha value is -2.20. The molecule has 0 bridgehead atoms. The van der Waals surface area contributed by atoms with Crippen LogP contribution in [0, 0.1) is 23.0 Å². The fourth-order valence-corrected chi connectivity index (χ4v) is 5.65. The van der Waals surface area contributed by atoms with Gasteiger partial charge in [0.15, 0.2) is 4.90 Å². The molecule has 9 nitrogen and oxygen atoms in total. The molecule has 1 heterocycles. The lowest BCUT2D eigenvalue weighted by molar-refractivity contribution is -0.387. The lowest BCUT2D eigenvalue weighted by Crippen LogP contribution is -2.48. The van der Waals surface area contributed by atoms with Crippen LogP contribution in [0.1, 0.15) is 53.0 Å². The van der Waals surface area contributed by atoms with Crippen LogP contribution in [0.5, 0.6) is 0 Å². The Morgan fingerprint density at radius 1 is 1.35 bits per heavy atom. The van der Waals surface area contributed by atoms with Gasteiger partial charge in [0.25, 0.3) is 5.69 Å². The summed E-state index contributed by atoms with van der Waals surface area (Å²) in [6, 6.07) is 4.14. The number of hydrogen-bond donors (Lipinski definition) is 0. The largest absolute Gasteiger partial charge is 0.444 e. The van der Waals surface area contributed by atoms with Crippen molar-refractivity contribution in [3.8, 4) is 0 Å². The first-order valence-corrected chi connectivity index (χ1v) is 11.9. The molecule has 0 saturated carbocycles. The number of nitro groups is 1. The van der Waals surface area contributed by atoms with Crippen molar-refractivity contribution in [2.24, 2.45) is 5.92 Å². The van der Waals surface area contributed by atoms with Crippen LogP contribution in [0.15, 0.2) is 23.1 Å². The zero-order valence-electron chi connectivity index (χ0n) is 19.1. The maximum atomic E-state index is 13.3. The molecule has 174 valence electrons. The molecule has 1 unspecified atom stereocenters. The first-order valence-electron chi connectivity index (χ1n) is 10.5. The molecule has 0 aromatic heterocycles. The van der Waals surface area contributed by atoms with Crippen LogP contribution in [-0.4, -0.2) is 59.9 Å². The van der Waals surface area contributed by atoms with Crippen molar-refractivity contribution in [2.75, 3.05) is 19.6 Å². The van der Waals surface area contributed by atoms with Crippen LogP contribution < -0.4 is 0 Å². The Kier molecular flexibility index (Phi) is 7.70. The van der Waals surface area contributed by atoms with Crippen LogP contribution in [0.2, 0.25) is 0 Å². The molecule has 1 aliphatic heterocycles. The third kappa shape index (κ3) is 6.16. The second kappa shape index (κ2) is 9.52. The first kappa shape index (κ1) is 25.1. The molecule has 0 N–H and O–H groups in total. The Morgan fingerprint density at radius 2 is 2.00 bits per heavy atom. The molecule has 1 aromatic rings. The number of nitrogens with zero attached hydrogens (tertiary/aromatic N) is 3. The van der Waals surface area contributed by atoms with Gasteiger partial charge < -0.3 is 9.64 Å². The van der Waals surface area contributed by atoms with E-state index in [0.717, 1.165) is 6.42 Å². The van der Waals surface area contributed by atoms with Gasteiger partial charge >= 0.3 is 6.09 Å². The smallest absolute Gasteiger partial charge is 0.410 e. The average Bonchev–Trinajstić information content (AvgIpc) is 2.64. The summed E-state index contributed by atoms with van der Waals surface area (Å²) in [5, 5.41) is 11.4. The van der Waals surface area contributed by atoms with Gasteiger partial charge in [-0.2, -0.15) is 4.31 Å². The SMILES string of the molecule is Cc1cccc([N+](=O)[O-])c1S(=O)(=O)N1CCCC(CN(C(=O)OC(C)(C)C)C(C)C)C1. The molecule has 1 atom stereocenters. The Bertz CT molecular complexity index is 924. The number of carbonyl (C=O) groups excluding carboxylic acids is 1. The monoisotopic (exact) mass is 455 g/mol. The number of benzene rings is 1. The summed E-state index contributed by atoms with van der Waals surface area (Å²) in [5.41, 5.74) is -0.704. The van der Waals surface area contributed by atoms with E-state index in [-0.39, 0.29) is 23.4 Å². The summed E-state index contributed by atoms with van der Waals surface area (Å²) in [5.74, 6) is -0.0958. The lowest BCUT2D eigenvalue weighted by Gasteiger charge is -2.37. The summed E-state index contributed by atoms with van der Waals surface area (Å²) in [6.45, 7) is 11.6. The van der Waals surface area contributed by atoms with Crippen molar-refractivity contribution >= 4 is 21.8 Å². The molecule has 31 heavy (non-hydrogen) atoms. The zero-order chi connectivity index (χ0) is 23.6. The van der Waals surface area contributed by atoms with Gasteiger partial charge in [0.05, 0.1) is 4.92 Å². The van der Waals surface area contributed by atoms with E-state index in [0.29, 0.717) is 25.1 Å². The van der Waals surface area contributed by atoms with Crippen LogP contribution in [0.3, 0.4) is 0 Å². The van der Waals surface area contributed by atoms with Gasteiger partial charge in [-0.05, 0) is 65.9 Å². The van der Waals surface area contributed by atoms with Crippen molar-refractivity contribution in [1.82, 2.24) is 9.21 Å². The number of carbonyl (C=O) groups is 1. The standard InChI is InChI=1S/C21H33N3O6S/c1-15(2)23(20(25)30-21(4,5)6)14-17-10-8-12-22(13-17)31(28,29)19-16(3)9-7-11-18(19)24(26)27/h7,9,11,15,17H,8,10,12-14H2,1-6H3. The van der Waals surface area contributed by atoms with E-state index in [9.17, 15) is 23.3 Å². The van der Waals surface area contributed by atoms with Crippen LogP contribution in [-0.2, 0) is 14.8 Å². The Labute approximate surface area is 184 Å². The molecule has 1 aliphatic rings. The minimum absolute atomic E-state index is 0.0958. The fraction of sp³-hybridized carbons (Fsp3) is 0.667. The number of amides is 1. The maximum absolute atomic E-state index is 13.3. The summed E-state index contributed by atoms with van der Waals surface area (Å²) in [4.78, 5) is 24.8. The van der Waals surface area contributed by atoms with Gasteiger partial charge in [-0.15, -0.1) is 0 Å². The topological polar surface area (TPSA) is 110 Å². The molecule has 1 amide bonds. The van der Waals surface area contributed by atoms with Gasteiger partial charge in [0, 0.05) is 31.7 Å². The fourth-order valence-electron chi connectivity index (χ4n) is 3.73. The first-order chi connectivity index (χ1) is 14.2. The number of sulfonamides is 1. The highest BCUT2D eigenvalue weighted by molar-refractivity contribution is 7.89. The van der Waals surface area contributed by atoms with Gasteiger partial charge in [-0.25, -0.2) is 13.2 Å². The normalized spacial score (nSPS) is 18.1. The number of aryl methyl sites for hydroxylation is 1. The van der Waals surface area contributed by atoms with Crippen LogP contribution in [0.4, 0.5) is 10.5 Å². The molecular formula is C21H33N3O6S. The van der Waals surface area contributed by atoms with Gasteiger partial charge in [-0.1, -0.05) is 12.1 Å². The van der Waals surface area contributed by atoms with Crippen molar-refractivity contribution in [2.45, 2.75) is 70.9 Å². The third-order valence-corrected chi connectivity index (χ3v) is 7.23. The molecular weight excluding hydrogens is 422 g/mol. The number of rotatable bonds is 6. The molecule has 10 heteroatoms. The Balaban J connectivity index is 2.25. The number of piperidine rings is 1. The second-order valence-corrected chi connectivity index (χ2v) is 11.2. The Morgan fingerprint density at radius 3 is 2.55 bits per heavy atom. The third-order valence-electron chi connectivity index (χ3n) is 5.17. The molecule has 0 spiro atoms. The van der Waals surface area contributed by atoms with E-state index in [1.54, 1.807) is 38.7 Å². The molecule has 0 radical (unpaired) electrons. The lowest BCUT2D eigenvalue weighted by atomic mass is 9.98. The van der Waals surface area contributed by atoms with E-state index >= 15 is 0 Å². The van der Waals surface area contributed by atoms with E-state index in [1.165, 1.54) is 16.4 Å². The predicted octanol–water partition coefficient (Wildman–Crippen LogP) is 3.95. The van der Waals surface area contributed by atoms with E-state index in [4.69, 9.17) is 4.74 Å². The predicted molar refractivity (Wildman–Crippen MR) is 117 cm³/mol. The number of nitro benzene ring substituents is 1. The van der Waals surface area contributed by atoms with E-state index in [2.05, 4.69) is 0 Å². The van der Waals surface area contributed by atoms with E-state index in [1.807, 2.05) is 13.8 Å². The van der Waals surface area contributed by atoms with Crippen LogP contribution >= 0.6 is 0 Å². The second-order valence-electron chi connectivity index (χ2n) is 9.28. The highest BCUT2D eigenvalue weighted by atomic mass is 32.2. The highest BCUT2D eigenvalue weighted by Crippen LogP contribution is 2.32. The zero-order valence-corrected chi connectivity index (χ0v) is 19.9. The molecule has 1 fully saturated rings. The minimum atomic E-state index is -4.05. The summed E-state index contributed by atoms with van der Waals surface area (Å²) in [7, 11) is -4.05. The molecule has 2 rings (SSSR count). The van der Waals surface area contributed by atoms with Crippen molar-refractivity contribution in [3.63, 3.8) is 0 Å². The van der Waals surface area contributed by atoms with Gasteiger partial charge in [0.2, 0.25) is 10.0 Å². The van der Waals surface area contributed by atoms with Crippen molar-refractivity contribution in [3.05, 3.63) is 33.9 Å². The number of hydrogen-bond acceptors (Lipinski definition) is 6. The van der Waals surface area contributed by atoms with Gasteiger partial charge in [0.1, 0.15) is 5.60 Å². The highest BCUT2D eigenvalue weighted by Gasteiger charge is 2.37. The van der Waals surface area contributed by atoms with Crippen LogP contribution in [0.25, 0.3) is 0 Å². The molecule has 0 aliphatic carbocycles. The minimum Gasteiger partial charge on any atom is -0.444 e. The summed E-state index contributed by atoms with van der Waals surface area (Å²) in [6.07, 6.45) is 0.939. The molecule has 1 aromatic carbocycles. The van der Waals surface area contributed by atoms with E-state index < -0.39 is 32.3 Å². The summed E-state index contributed by atoms with van der Waals surface area (Å²) >= 11 is 0. The summed E-state index contributed by atoms with van der Waals surface area (Å²) < 4.78 is 33.5. The average molecular weight is 456 g/mol.